The molecule has 2 aliphatic heterocycles. The molecule has 4 heterocycles. The first kappa shape index (κ1) is 34.0. The first-order valence-corrected chi connectivity index (χ1v) is 18.2. The van der Waals surface area contributed by atoms with Crippen molar-refractivity contribution in [3.63, 3.8) is 0 Å². The molecular formula is C36H43N7O3S2. The highest BCUT2D eigenvalue weighted by Crippen LogP contribution is 2.40. The zero-order valence-corrected chi connectivity index (χ0v) is 29.7. The summed E-state index contributed by atoms with van der Waals surface area (Å²) in [7, 11) is 0. The van der Waals surface area contributed by atoms with Gasteiger partial charge in [-0.25, -0.2) is 14.8 Å². The number of H-pyrrole nitrogens is 2. The first-order chi connectivity index (χ1) is 22.9. The normalized spacial score (nSPS) is 19.0. The number of rotatable bonds is 5. The molecule has 3 atom stereocenters. The lowest BCUT2D eigenvalue weighted by Crippen LogP contribution is -2.35. The Hall–Kier alpha value is -3.92. The average molecular weight is 686 g/mol. The van der Waals surface area contributed by atoms with Crippen molar-refractivity contribution in [2.45, 2.75) is 82.6 Å². The molecule has 0 radical (unpaired) electrons. The van der Waals surface area contributed by atoms with Crippen molar-refractivity contribution in [1.29, 1.82) is 0 Å². The monoisotopic (exact) mass is 685 g/mol. The number of ether oxygens (including phenoxy) is 1. The fraction of sp³-hybridized carbons (Fsp3) is 0.444. The third-order valence-corrected chi connectivity index (χ3v) is 10.9. The van der Waals surface area contributed by atoms with Crippen LogP contribution in [0.2, 0.25) is 0 Å². The summed E-state index contributed by atoms with van der Waals surface area (Å²) in [5.74, 6) is 8.44. The number of fused-ring (bicyclic) bond motifs is 1. The lowest BCUT2D eigenvalue weighted by atomic mass is 10.1. The maximum atomic E-state index is 13.0. The van der Waals surface area contributed by atoms with Crippen molar-refractivity contribution in [1.82, 2.24) is 29.1 Å². The summed E-state index contributed by atoms with van der Waals surface area (Å²) in [6, 6.07) is 14.0. The van der Waals surface area contributed by atoms with Crippen LogP contribution in [0.1, 0.15) is 94.4 Å². The van der Waals surface area contributed by atoms with Gasteiger partial charge < -0.3 is 25.3 Å². The Kier molecular flexibility index (Phi) is 10.1. The van der Waals surface area contributed by atoms with Crippen molar-refractivity contribution in [2.75, 3.05) is 13.1 Å². The molecular weight excluding hydrogens is 643 g/mol. The number of imidazole rings is 2. The smallest absolute Gasteiger partial charge is 0.420 e. The van der Waals surface area contributed by atoms with E-state index in [0.717, 1.165) is 70.7 Å². The van der Waals surface area contributed by atoms with Gasteiger partial charge in [-0.15, -0.1) is 0 Å². The number of thioether (sulfide) groups is 1. The lowest BCUT2D eigenvalue weighted by Gasteiger charge is -2.32. The molecule has 4 aromatic rings. The highest BCUT2D eigenvalue weighted by Gasteiger charge is 2.34. The number of hydrogen-bond donors (Lipinski definition) is 3. The molecule has 2 saturated heterocycles. The van der Waals surface area contributed by atoms with Crippen LogP contribution >= 0.6 is 23.7 Å². The van der Waals surface area contributed by atoms with Crippen LogP contribution in [0.15, 0.2) is 48.7 Å². The van der Waals surface area contributed by atoms with E-state index in [9.17, 15) is 9.59 Å². The predicted octanol–water partition coefficient (Wildman–Crippen LogP) is 8.00. The molecule has 10 nitrogen and oxygen atoms in total. The second-order valence-corrected chi connectivity index (χ2v) is 16.0. The summed E-state index contributed by atoms with van der Waals surface area (Å²) in [5, 5.41) is -0.161. The van der Waals surface area contributed by atoms with Crippen molar-refractivity contribution in [3.05, 3.63) is 71.4 Å². The molecule has 48 heavy (non-hydrogen) atoms. The van der Waals surface area contributed by atoms with E-state index in [0.29, 0.717) is 13.1 Å². The van der Waals surface area contributed by atoms with Gasteiger partial charge in [0.2, 0.25) is 0 Å². The minimum absolute atomic E-state index is 0.0153. The SMILES string of the molecule is CC(C)[C@H](N)SC(=O)N1CCC[C@H]1c1ncc(-c2ccc(C#Cc3ccc4nc([C@@H]5CCCN(C(=O)OC(C)(C)C)S5)[nH]c4c3)cc2)[nH]1. The van der Waals surface area contributed by atoms with Crippen molar-refractivity contribution < 1.29 is 14.3 Å². The van der Waals surface area contributed by atoms with Crippen molar-refractivity contribution in [3.8, 4) is 23.1 Å². The fourth-order valence-corrected chi connectivity index (χ4v) is 7.70. The molecule has 6 rings (SSSR count). The van der Waals surface area contributed by atoms with E-state index >= 15 is 0 Å². The Bertz CT molecular complexity index is 1830. The van der Waals surface area contributed by atoms with Gasteiger partial charge in [0.15, 0.2) is 0 Å². The van der Waals surface area contributed by atoms with Gasteiger partial charge in [0, 0.05) is 24.2 Å². The van der Waals surface area contributed by atoms with Crippen LogP contribution in [0.3, 0.4) is 0 Å². The molecule has 2 aromatic carbocycles. The molecule has 2 aromatic heterocycles. The summed E-state index contributed by atoms with van der Waals surface area (Å²) in [6.07, 6.45) is 5.16. The number of carbonyl (C=O) groups excluding carboxylic acids is 2. The third kappa shape index (κ3) is 8.02. The summed E-state index contributed by atoms with van der Waals surface area (Å²) >= 11 is 2.69. The Morgan fingerprint density at radius 2 is 1.75 bits per heavy atom. The zero-order valence-electron chi connectivity index (χ0n) is 28.1. The number of benzene rings is 2. The standard InChI is InChI=1S/C36H43N7O3S2/c1-22(2)31(37)47-35(45)42-18-6-8-29(42)32-38-21-28(41-32)25-15-12-23(13-16-25)10-11-24-14-17-26-27(20-24)40-33(39-26)30-9-7-19-43(48-30)34(44)46-36(3,4)5/h12-17,20-22,29-31H,6-9,18-19,37H2,1-5H3,(H,38,41)(H,39,40)/t29-,30-,31+/m0/s1. The quantitative estimate of drug-likeness (QED) is 0.109. The van der Waals surface area contributed by atoms with Gasteiger partial charge in [0.05, 0.1) is 39.6 Å². The van der Waals surface area contributed by atoms with Crippen LogP contribution in [0.5, 0.6) is 0 Å². The molecule has 0 aliphatic carbocycles. The van der Waals surface area contributed by atoms with Crippen LogP contribution in [0.4, 0.5) is 9.59 Å². The maximum absolute atomic E-state index is 13.0. The van der Waals surface area contributed by atoms with Gasteiger partial charge in [-0.05, 0) is 112 Å². The molecule has 252 valence electrons. The van der Waals surface area contributed by atoms with Crippen LogP contribution in [0.25, 0.3) is 22.3 Å². The maximum Gasteiger partial charge on any atom is 0.420 e. The minimum Gasteiger partial charge on any atom is -0.443 e. The number of nitrogens with zero attached hydrogens (tertiary/aromatic N) is 4. The molecule has 2 amide bonds. The number of hydrogen-bond acceptors (Lipinski definition) is 8. The van der Waals surface area contributed by atoms with Crippen LogP contribution in [-0.2, 0) is 4.74 Å². The highest BCUT2D eigenvalue weighted by atomic mass is 32.2. The zero-order chi connectivity index (χ0) is 34.0. The number of nitrogens with one attached hydrogen (secondary N) is 2. The van der Waals surface area contributed by atoms with Gasteiger partial charge in [0.25, 0.3) is 5.24 Å². The number of nitrogens with two attached hydrogens (primary N) is 1. The number of amides is 2. The Morgan fingerprint density at radius 1 is 1.02 bits per heavy atom. The molecule has 4 N–H and O–H groups in total. The van der Waals surface area contributed by atoms with Crippen LogP contribution in [0, 0.1) is 17.8 Å². The summed E-state index contributed by atoms with van der Waals surface area (Å²) in [4.78, 5) is 43.9. The number of carbonyl (C=O) groups is 2. The van der Waals surface area contributed by atoms with Gasteiger partial charge in [-0.3, -0.25) is 9.10 Å². The minimum atomic E-state index is -0.531. The van der Waals surface area contributed by atoms with Gasteiger partial charge in [-0.1, -0.05) is 37.8 Å². The Morgan fingerprint density at radius 3 is 2.50 bits per heavy atom. The molecule has 0 saturated carbocycles. The van der Waals surface area contributed by atoms with E-state index in [1.54, 1.807) is 4.31 Å². The van der Waals surface area contributed by atoms with Crippen LogP contribution in [-0.4, -0.2) is 64.5 Å². The summed E-state index contributed by atoms with van der Waals surface area (Å²) < 4.78 is 7.28. The van der Waals surface area contributed by atoms with Crippen LogP contribution < -0.4 is 5.73 Å². The van der Waals surface area contributed by atoms with Crippen molar-refractivity contribution >= 4 is 46.1 Å². The Labute approximate surface area is 290 Å². The molecule has 0 bridgehead atoms. The second-order valence-electron chi connectivity index (χ2n) is 13.6. The molecule has 12 heteroatoms. The average Bonchev–Trinajstić information content (AvgIpc) is 3.83. The van der Waals surface area contributed by atoms with Gasteiger partial charge in [0.1, 0.15) is 17.2 Å². The summed E-state index contributed by atoms with van der Waals surface area (Å²) in [6.45, 7) is 11.1. The highest BCUT2D eigenvalue weighted by molar-refractivity contribution is 8.14. The summed E-state index contributed by atoms with van der Waals surface area (Å²) in [5.41, 5.74) is 11.1. The molecule has 0 spiro atoms. The predicted molar refractivity (Wildman–Crippen MR) is 193 cm³/mol. The number of aromatic nitrogens is 4. The van der Waals surface area contributed by atoms with E-state index < -0.39 is 5.60 Å². The molecule has 0 unspecified atom stereocenters. The largest absolute Gasteiger partial charge is 0.443 e. The Balaban J connectivity index is 1.09. The van der Waals surface area contributed by atoms with E-state index in [4.69, 9.17) is 15.5 Å². The van der Waals surface area contributed by atoms with E-state index in [-0.39, 0.29) is 33.9 Å². The van der Waals surface area contributed by atoms with Crippen molar-refractivity contribution in [2.24, 2.45) is 11.7 Å². The number of likely N-dealkylation sites (tertiary alicyclic amines) is 1. The van der Waals surface area contributed by atoms with E-state index in [1.807, 2.05) is 88.2 Å². The first-order valence-electron chi connectivity index (χ1n) is 16.5. The fourth-order valence-electron chi connectivity index (χ4n) is 5.69. The lowest BCUT2D eigenvalue weighted by molar-refractivity contribution is 0.0396. The van der Waals surface area contributed by atoms with Gasteiger partial charge in [-0.2, -0.15) is 0 Å². The topological polar surface area (TPSA) is 133 Å². The molecule has 2 fully saturated rings. The van der Waals surface area contributed by atoms with E-state index in [1.165, 1.54) is 23.7 Å². The number of aromatic amines is 2. The van der Waals surface area contributed by atoms with E-state index in [2.05, 4.69) is 26.8 Å². The third-order valence-electron chi connectivity index (χ3n) is 8.32. The second kappa shape index (κ2) is 14.3. The van der Waals surface area contributed by atoms with Gasteiger partial charge >= 0.3 is 6.09 Å². The molecule has 2 aliphatic rings.